The molecule has 0 radical (unpaired) electrons. The summed E-state index contributed by atoms with van der Waals surface area (Å²) >= 11 is 0. The molecule has 0 saturated carbocycles. The van der Waals surface area contributed by atoms with E-state index in [4.69, 9.17) is 5.84 Å². The fourth-order valence-corrected chi connectivity index (χ4v) is 1.66. The number of hydrogen-bond acceptors (Lipinski definition) is 7. The van der Waals surface area contributed by atoms with Crippen molar-refractivity contribution in [2.45, 2.75) is 0 Å². The molecule has 0 bridgehead atoms. The van der Waals surface area contributed by atoms with Crippen LogP contribution in [0.4, 0.5) is 5.82 Å². The Morgan fingerprint density at radius 1 is 1.33 bits per heavy atom. The summed E-state index contributed by atoms with van der Waals surface area (Å²) in [6, 6.07) is 0. The number of piperazine rings is 1. The highest BCUT2D eigenvalue weighted by atomic mass is 16.2. The number of likely N-dealkylation sites (N-methyl/N-ethyl adjacent to an activating group) is 1. The summed E-state index contributed by atoms with van der Waals surface area (Å²) in [6.45, 7) is 3.45. The van der Waals surface area contributed by atoms with Gasteiger partial charge in [0, 0.05) is 26.2 Å². The van der Waals surface area contributed by atoms with Gasteiger partial charge in [0.15, 0.2) is 5.82 Å². The summed E-state index contributed by atoms with van der Waals surface area (Å²) in [5.41, 5.74) is 5.40. The fourth-order valence-electron chi connectivity index (χ4n) is 1.66. The SMILES string of the molecule is CN1CCN(NC(=O)c2cncc(NN)n2)CC1. The number of nitrogens with one attached hydrogen (secondary N) is 2. The summed E-state index contributed by atoms with van der Waals surface area (Å²) in [7, 11) is 2.06. The van der Waals surface area contributed by atoms with Crippen LogP contribution in [0.25, 0.3) is 0 Å². The van der Waals surface area contributed by atoms with E-state index in [0.717, 1.165) is 26.2 Å². The van der Waals surface area contributed by atoms with Crippen LogP contribution in [-0.4, -0.2) is 59.0 Å². The average molecular weight is 251 g/mol. The van der Waals surface area contributed by atoms with Crippen LogP contribution in [0.1, 0.15) is 10.5 Å². The molecule has 4 N–H and O–H groups in total. The van der Waals surface area contributed by atoms with Crippen molar-refractivity contribution in [1.29, 1.82) is 0 Å². The normalized spacial score (nSPS) is 17.4. The molecular formula is C10H17N7O. The first-order valence-electron chi connectivity index (χ1n) is 5.72. The maximum Gasteiger partial charge on any atom is 0.285 e. The molecule has 0 aliphatic carbocycles. The van der Waals surface area contributed by atoms with Gasteiger partial charge in [0.05, 0.1) is 12.4 Å². The van der Waals surface area contributed by atoms with Crippen LogP contribution in [0, 0.1) is 0 Å². The van der Waals surface area contributed by atoms with Crippen molar-refractivity contribution >= 4 is 11.7 Å². The molecule has 98 valence electrons. The summed E-state index contributed by atoms with van der Waals surface area (Å²) in [6.07, 6.45) is 2.86. The summed E-state index contributed by atoms with van der Waals surface area (Å²) in [5, 5.41) is 1.88. The van der Waals surface area contributed by atoms with Gasteiger partial charge in [-0.25, -0.2) is 15.8 Å². The molecule has 0 spiro atoms. The number of amides is 1. The Bertz CT molecular complexity index is 416. The highest BCUT2D eigenvalue weighted by molar-refractivity contribution is 5.91. The van der Waals surface area contributed by atoms with Gasteiger partial charge in [0.1, 0.15) is 5.69 Å². The molecule has 8 nitrogen and oxygen atoms in total. The van der Waals surface area contributed by atoms with Gasteiger partial charge in [0.2, 0.25) is 0 Å². The lowest BCUT2D eigenvalue weighted by Crippen LogP contribution is -2.52. The minimum absolute atomic E-state index is 0.240. The zero-order valence-electron chi connectivity index (χ0n) is 10.3. The van der Waals surface area contributed by atoms with Gasteiger partial charge in [0.25, 0.3) is 5.91 Å². The standard InChI is InChI=1S/C10H17N7O/c1-16-2-4-17(5-3-16)15-10(18)8-6-12-7-9(13-8)14-11/h6-7H,2-5,11H2,1H3,(H,13,14)(H,15,18). The molecule has 0 aromatic carbocycles. The smallest absolute Gasteiger partial charge is 0.285 e. The molecule has 8 heteroatoms. The highest BCUT2D eigenvalue weighted by Crippen LogP contribution is 2.01. The topological polar surface area (TPSA) is 99.4 Å². The average Bonchev–Trinajstić information content (AvgIpc) is 2.41. The molecule has 1 aliphatic rings. The van der Waals surface area contributed by atoms with Gasteiger partial charge >= 0.3 is 0 Å². The minimum Gasteiger partial charge on any atom is -0.307 e. The van der Waals surface area contributed by atoms with Crippen LogP contribution in [-0.2, 0) is 0 Å². The van der Waals surface area contributed by atoms with Crippen molar-refractivity contribution in [3.8, 4) is 0 Å². The van der Waals surface area contributed by atoms with E-state index in [9.17, 15) is 4.79 Å². The summed E-state index contributed by atoms with van der Waals surface area (Å²) < 4.78 is 0. The molecule has 2 rings (SSSR count). The summed E-state index contributed by atoms with van der Waals surface area (Å²) in [5.74, 6) is 5.31. The van der Waals surface area contributed by atoms with E-state index in [0.29, 0.717) is 5.82 Å². The largest absolute Gasteiger partial charge is 0.307 e. The Labute approximate surface area is 105 Å². The van der Waals surface area contributed by atoms with Gasteiger partial charge in [-0.2, -0.15) is 0 Å². The quantitative estimate of drug-likeness (QED) is 0.451. The highest BCUT2D eigenvalue weighted by Gasteiger charge is 2.17. The molecule has 0 unspecified atom stereocenters. The third-order valence-corrected chi connectivity index (χ3v) is 2.78. The van der Waals surface area contributed by atoms with Crippen LogP contribution in [0.15, 0.2) is 12.4 Å². The van der Waals surface area contributed by atoms with Crippen LogP contribution >= 0.6 is 0 Å². The Morgan fingerprint density at radius 3 is 2.72 bits per heavy atom. The van der Waals surface area contributed by atoms with Crippen molar-refractivity contribution in [2.24, 2.45) is 5.84 Å². The lowest BCUT2D eigenvalue weighted by Gasteiger charge is -2.32. The predicted molar refractivity (Wildman–Crippen MR) is 66.4 cm³/mol. The number of nitrogen functional groups attached to an aromatic ring is 1. The molecule has 1 aliphatic heterocycles. The molecule has 1 aromatic heterocycles. The molecule has 0 atom stereocenters. The minimum atomic E-state index is -0.274. The zero-order chi connectivity index (χ0) is 13.0. The molecule has 2 heterocycles. The maximum atomic E-state index is 11.9. The lowest BCUT2D eigenvalue weighted by molar-refractivity contribution is 0.0657. The molecular weight excluding hydrogens is 234 g/mol. The number of rotatable bonds is 3. The first kappa shape index (κ1) is 12.7. The Balaban J connectivity index is 1.94. The van der Waals surface area contributed by atoms with E-state index in [1.54, 1.807) is 0 Å². The van der Waals surface area contributed by atoms with Crippen molar-refractivity contribution < 1.29 is 4.79 Å². The van der Waals surface area contributed by atoms with Crippen LogP contribution < -0.4 is 16.7 Å². The monoisotopic (exact) mass is 251 g/mol. The number of nitrogens with two attached hydrogens (primary N) is 1. The second kappa shape index (κ2) is 5.71. The number of anilines is 1. The van der Waals surface area contributed by atoms with Crippen molar-refractivity contribution in [2.75, 3.05) is 38.7 Å². The Morgan fingerprint density at radius 2 is 2.06 bits per heavy atom. The first-order chi connectivity index (χ1) is 8.69. The van der Waals surface area contributed by atoms with Gasteiger partial charge < -0.3 is 10.3 Å². The third-order valence-electron chi connectivity index (χ3n) is 2.78. The number of nitrogens with zero attached hydrogens (tertiary/aromatic N) is 4. The Hall–Kier alpha value is -1.77. The first-order valence-corrected chi connectivity index (χ1v) is 5.72. The molecule has 1 aromatic rings. The maximum absolute atomic E-state index is 11.9. The zero-order valence-corrected chi connectivity index (χ0v) is 10.3. The van der Waals surface area contributed by atoms with E-state index in [1.165, 1.54) is 12.4 Å². The van der Waals surface area contributed by atoms with Gasteiger partial charge in [-0.15, -0.1) is 0 Å². The fraction of sp³-hybridized carbons (Fsp3) is 0.500. The molecule has 1 fully saturated rings. The van der Waals surface area contributed by atoms with Gasteiger partial charge in [-0.3, -0.25) is 15.2 Å². The molecule has 18 heavy (non-hydrogen) atoms. The second-order valence-electron chi connectivity index (χ2n) is 4.17. The van der Waals surface area contributed by atoms with Gasteiger partial charge in [-0.05, 0) is 7.05 Å². The van der Waals surface area contributed by atoms with Crippen LogP contribution in [0.2, 0.25) is 0 Å². The van der Waals surface area contributed by atoms with E-state index in [2.05, 4.69) is 32.8 Å². The molecule has 1 saturated heterocycles. The van der Waals surface area contributed by atoms with Gasteiger partial charge in [-0.1, -0.05) is 0 Å². The molecule has 1 amide bonds. The van der Waals surface area contributed by atoms with E-state index >= 15 is 0 Å². The lowest BCUT2D eigenvalue weighted by atomic mass is 10.4. The number of hydrogen-bond donors (Lipinski definition) is 3. The second-order valence-corrected chi connectivity index (χ2v) is 4.17. The van der Waals surface area contributed by atoms with Crippen molar-refractivity contribution in [3.63, 3.8) is 0 Å². The van der Waals surface area contributed by atoms with E-state index in [-0.39, 0.29) is 11.6 Å². The van der Waals surface area contributed by atoms with Crippen LogP contribution in [0.3, 0.4) is 0 Å². The predicted octanol–water partition coefficient (Wildman–Crippen LogP) is -1.35. The van der Waals surface area contributed by atoms with E-state index < -0.39 is 0 Å². The van der Waals surface area contributed by atoms with Crippen molar-refractivity contribution in [3.05, 3.63) is 18.1 Å². The van der Waals surface area contributed by atoms with E-state index in [1.807, 2.05) is 5.01 Å². The number of carbonyl (C=O) groups excluding carboxylic acids is 1. The third kappa shape index (κ3) is 3.13. The van der Waals surface area contributed by atoms with Crippen LogP contribution in [0.5, 0.6) is 0 Å². The number of hydrazine groups is 2. The number of carbonyl (C=O) groups is 1. The van der Waals surface area contributed by atoms with Crippen molar-refractivity contribution in [1.82, 2.24) is 25.3 Å². The Kier molecular flexibility index (Phi) is 4.03. The number of aromatic nitrogens is 2. The summed E-state index contributed by atoms with van der Waals surface area (Å²) in [4.78, 5) is 22.0.